The molecule has 0 aliphatic rings. The van der Waals surface area contributed by atoms with Crippen molar-refractivity contribution in [2.75, 3.05) is 27.3 Å². The van der Waals surface area contributed by atoms with Gasteiger partial charge in [-0.1, -0.05) is 29.3 Å². The van der Waals surface area contributed by atoms with Crippen LogP contribution in [0.2, 0.25) is 10.0 Å². The van der Waals surface area contributed by atoms with Gasteiger partial charge in [0.05, 0.1) is 10.0 Å². The third kappa shape index (κ3) is 7.38. The maximum atomic E-state index is 6.13. The van der Waals surface area contributed by atoms with Crippen molar-refractivity contribution in [2.45, 2.75) is 26.4 Å². The number of guanidine groups is 1. The van der Waals surface area contributed by atoms with Crippen LogP contribution in [0.1, 0.15) is 23.6 Å². The molecule has 7 nitrogen and oxygen atoms in total. The Labute approximate surface area is 193 Å². The highest BCUT2D eigenvalue weighted by Gasteiger charge is 2.10. The van der Waals surface area contributed by atoms with Gasteiger partial charge in [0.25, 0.3) is 0 Å². The number of benzene rings is 1. The molecule has 1 aromatic heterocycles. The summed E-state index contributed by atoms with van der Waals surface area (Å²) in [6, 6.07) is 5.63. The highest BCUT2D eigenvalue weighted by molar-refractivity contribution is 14.0. The first kappa shape index (κ1) is 24.9. The summed E-state index contributed by atoms with van der Waals surface area (Å²) in [4.78, 5) is 6.75. The summed E-state index contributed by atoms with van der Waals surface area (Å²) in [7, 11) is 5.61. The number of halogens is 3. The lowest BCUT2D eigenvalue weighted by Gasteiger charge is -2.23. The third-order valence-corrected chi connectivity index (χ3v) is 4.87. The molecule has 1 aromatic carbocycles. The van der Waals surface area contributed by atoms with E-state index in [0.29, 0.717) is 29.7 Å². The molecule has 0 amide bonds. The van der Waals surface area contributed by atoms with Crippen LogP contribution in [0.15, 0.2) is 23.2 Å². The van der Waals surface area contributed by atoms with E-state index in [9.17, 15) is 0 Å². The predicted molar refractivity (Wildman–Crippen MR) is 125 cm³/mol. The van der Waals surface area contributed by atoms with E-state index in [1.807, 2.05) is 42.6 Å². The summed E-state index contributed by atoms with van der Waals surface area (Å²) >= 11 is 12.1. The molecular formula is C18H27Cl2IN6O. The molecular weight excluding hydrogens is 514 g/mol. The maximum absolute atomic E-state index is 6.13. The monoisotopic (exact) mass is 540 g/mol. The normalized spacial score (nSPS) is 11.3. The van der Waals surface area contributed by atoms with E-state index >= 15 is 0 Å². The molecule has 0 saturated carbocycles. The molecule has 0 saturated heterocycles. The molecule has 1 heterocycles. The Morgan fingerprint density at radius 3 is 2.64 bits per heavy atom. The van der Waals surface area contributed by atoms with Crippen LogP contribution in [0.3, 0.4) is 0 Å². The van der Waals surface area contributed by atoms with Crippen molar-refractivity contribution in [1.82, 2.24) is 25.0 Å². The van der Waals surface area contributed by atoms with Crippen molar-refractivity contribution in [3.05, 3.63) is 45.5 Å². The van der Waals surface area contributed by atoms with Gasteiger partial charge in [-0.2, -0.15) is 0 Å². The number of aliphatic imine (C=N–C) groups is 1. The molecule has 0 aliphatic heterocycles. The Morgan fingerprint density at radius 2 is 2.04 bits per heavy atom. The zero-order valence-corrected chi connectivity index (χ0v) is 20.4. The van der Waals surface area contributed by atoms with E-state index in [-0.39, 0.29) is 24.0 Å². The molecule has 156 valence electrons. The highest BCUT2D eigenvalue weighted by atomic mass is 127. The highest BCUT2D eigenvalue weighted by Crippen LogP contribution is 2.23. The summed E-state index contributed by atoms with van der Waals surface area (Å²) < 4.78 is 7.05. The van der Waals surface area contributed by atoms with Crippen molar-refractivity contribution in [2.24, 2.45) is 12.0 Å². The second-order valence-corrected chi connectivity index (χ2v) is 7.05. The molecule has 2 rings (SSSR count). The smallest absolute Gasteiger partial charge is 0.194 e. The van der Waals surface area contributed by atoms with Gasteiger partial charge in [0.2, 0.25) is 0 Å². The molecule has 10 heteroatoms. The molecule has 0 aliphatic carbocycles. The molecule has 1 N–H and O–H groups in total. The number of aryl methyl sites for hydroxylation is 1. The average Bonchev–Trinajstić information content (AvgIpc) is 2.96. The van der Waals surface area contributed by atoms with Crippen LogP contribution in [-0.2, 0) is 24.9 Å². The van der Waals surface area contributed by atoms with E-state index < -0.39 is 0 Å². The lowest BCUT2D eigenvalue weighted by molar-refractivity contribution is 0.195. The van der Waals surface area contributed by atoms with Gasteiger partial charge < -0.3 is 19.5 Å². The minimum absolute atomic E-state index is 0. The lowest BCUT2D eigenvalue weighted by Crippen LogP contribution is -2.39. The SMILES string of the molecule is COCCCNC(=NCc1nnc(C)n1C)N(C)Cc1ccc(Cl)c(Cl)c1.I. The largest absolute Gasteiger partial charge is 0.385 e. The van der Waals surface area contributed by atoms with Crippen LogP contribution in [0, 0.1) is 6.92 Å². The fraction of sp³-hybridized carbons (Fsp3) is 0.500. The van der Waals surface area contributed by atoms with Crippen molar-refractivity contribution in [3.8, 4) is 0 Å². The number of aromatic nitrogens is 3. The Hall–Kier alpha value is -1.10. The van der Waals surface area contributed by atoms with Crippen molar-refractivity contribution in [3.63, 3.8) is 0 Å². The molecule has 0 atom stereocenters. The van der Waals surface area contributed by atoms with E-state index in [1.54, 1.807) is 13.2 Å². The lowest BCUT2D eigenvalue weighted by atomic mass is 10.2. The summed E-state index contributed by atoms with van der Waals surface area (Å²) in [5.74, 6) is 2.45. The fourth-order valence-electron chi connectivity index (χ4n) is 2.45. The number of ether oxygens (including phenoxy) is 1. The summed E-state index contributed by atoms with van der Waals surface area (Å²) in [5.41, 5.74) is 1.05. The van der Waals surface area contributed by atoms with Crippen molar-refractivity contribution >= 4 is 53.1 Å². The minimum Gasteiger partial charge on any atom is -0.385 e. The van der Waals surface area contributed by atoms with Gasteiger partial charge in [0.1, 0.15) is 12.4 Å². The van der Waals surface area contributed by atoms with Crippen molar-refractivity contribution < 1.29 is 4.74 Å². The first-order valence-corrected chi connectivity index (χ1v) is 9.45. The van der Waals surface area contributed by atoms with Gasteiger partial charge in [0, 0.05) is 40.9 Å². The Bertz CT molecular complexity index is 783. The molecule has 0 fully saturated rings. The Kier molecular flexibility index (Phi) is 11.1. The van der Waals surface area contributed by atoms with Gasteiger partial charge in [-0.15, -0.1) is 34.2 Å². The second-order valence-electron chi connectivity index (χ2n) is 6.24. The summed E-state index contributed by atoms with van der Waals surface area (Å²) in [6.45, 7) is 4.45. The zero-order chi connectivity index (χ0) is 19.8. The third-order valence-electron chi connectivity index (χ3n) is 4.13. The topological polar surface area (TPSA) is 67.6 Å². The first-order valence-electron chi connectivity index (χ1n) is 8.69. The number of nitrogens with zero attached hydrogens (tertiary/aromatic N) is 5. The summed E-state index contributed by atoms with van der Waals surface area (Å²) in [6.07, 6.45) is 0.888. The molecule has 0 radical (unpaired) electrons. The molecule has 28 heavy (non-hydrogen) atoms. The minimum atomic E-state index is 0. The molecule has 0 bridgehead atoms. The van der Waals surface area contributed by atoms with Gasteiger partial charge >= 0.3 is 0 Å². The number of methoxy groups -OCH3 is 1. The maximum Gasteiger partial charge on any atom is 0.194 e. The molecule has 0 spiro atoms. The Morgan fingerprint density at radius 1 is 1.29 bits per heavy atom. The van der Waals surface area contributed by atoms with E-state index in [1.165, 1.54) is 0 Å². The van der Waals surface area contributed by atoms with Crippen LogP contribution in [0.5, 0.6) is 0 Å². The van der Waals surface area contributed by atoms with Gasteiger partial charge in [-0.25, -0.2) is 4.99 Å². The van der Waals surface area contributed by atoms with Crippen LogP contribution >= 0.6 is 47.2 Å². The number of rotatable bonds is 8. The van der Waals surface area contributed by atoms with Crippen LogP contribution < -0.4 is 5.32 Å². The number of nitrogens with one attached hydrogen (secondary N) is 1. The molecule has 2 aromatic rings. The van der Waals surface area contributed by atoms with Gasteiger partial charge in [-0.05, 0) is 31.0 Å². The average molecular weight is 541 g/mol. The fourth-order valence-corrected chi connectivity index (χ4v) is 2.77. The number of hydrogen-bond acceptors (Lipinski definition) is 4. The molecule has 0 unspecified atom stereocenters. The standard InChI is InChI=1S/C18H26Cl2N6O.HI/c1-13-23-24-17(26(13)3)11-22-18(21-8-5-9-27-4)25(2)12-14-6-7-15(19)16(20)10-14;/h6-7,10H,5,8-9,11-12H2,1-4H3,(H,21,22);1H. The van der Waals surface area contributed by atoms with E-state index in [2.05, 4.69) is 15.5 Å². The predicted octanol–water partition coefficient (Wildman–Crippen LogP) is 3.66. The number of hydrogen-bond donors (Lipinski definition) is 1. The van der Waals surface area contributed by atoms with Crippen molar-refractivity contribution in [1.29, 1.82) is 0 Å². The quantitative estimate of drug-likeness (QED) is 0.239. The van der Waals surface area contributed by atoms with Crippen LogP contribution in [-0.4, -0.2) is 52.9 Å². The van der Waals surface area contributed by atoms with Crippen LogP contribution in [0.4, 0.5) is 0 Å². The van der Waals surface area contributed by atoms with Gasteiger partial charge in [-0.3, -0.25) is 0 Å². The Balaban J connectivity index is 0.00000392. The van der Waals surface area contributed by atoms with E-state index in [4.69, 9.17) is 32.9 Å². The zero-order valence-electron chi connectivity index (χ0n) is 16.6. The van der Waals surface area contributed by atoms with E-state index in [0.717, 1.165) is 36.1 Å². The first-order chi connectivity index (χ1) is 12.9. The van der Waals surface area contributed by atoms with Gasteiger partial charge in [0.15, 0.2) is 11.8 Å². The van der Waals surface area contributed by atoms with Crippen LogP contribution in [0.25, 0.3) is 0 Å². The second kappa shape index (κ2) is 12.5. The summed E-state index contributed by atoms with van der Waals surface area (Å²) in [5, 5.41) is 12.7.